The highest BCUT2D eigenvalue weighted by Gasteiger charge is 2.40. The van der Waals surface area contributed by atoms with Crippen molar-refractivity contribution in [2.45, 2.75) is 5.60 Å². The molecule has 3 nitrogen and oxygen atoms in total. The Bertz CT molecular complexity index is 984. The molecule has 0 heterocycles. The predicted octanol–water partition coefficient (Wildman–Crippen LogP) is 5.68. The topological polar surface area (TPSA) is 29.5 Å². The van der Waals surface area contributed by atoms with Gasteiger partial charge in [-0.15, -0.1) is 0 Å². The molecule has 148 valence electrons. The standard InChI is InChI=1S/C27H23NO2/c1-28(26(29)22-14-6-2-7-15-22)30-27(23-16-8-3-9-17-23,24-18-10-4-11-19-24)25-20-12-5-13-21-25/h2-21H,1H3. The van der Waals surface area contributed by atoms with E-state index in [0.717, 1.165) is 16.7 Å². The molecule has 0 aliphatic carbocycles. The molecule has 0 bridgehead atoms. The average molecular weight is 393 g/mol. The van der Waals surface area contributed by atoms with Crippen LogP contribution in [0.25, 0.3) is 0 Å². The molecule has 0 saturated carbocycles. The number of benzene rings is 4. The molecule has 0 aliphatic rings. The van der Waals surface area contributed by atoms with Crippen LogP contribution in [-0.2, 0) is 10.4 Å². The molecule has 0 saturated heterocycles. The largest absolute Gasteiger partial charge is 0.277 e. The third kappa shape index (κ3) is 3.76. The molecule has 0 N–H and O–H groups in total. The number of carbonyl (C=O) groups excluding carboxylic acids is 1. The fraction of sp³-hybridized carbons (Fsp3) is 0.0741. The maximum absolute atomic E-state index is 13.1. The fourth-order valence-electron chi connectivity index (χ4n) is 3.69. The minimum atomic E-state index is -0.983. The van der Waals surface area contributed by atoms with E-state index in [1.54, 1.807) is 19.2 Å². The molecule has 0 aromatic heterocycles. The summed E-state index contributed by atoms with van der Waals surface area (Å²) < 4.78 is 0. The second-order valence-electron chi connectivity index (χ2n) is 7.04. The van der Waals surface area contributed by atoms with E-state index in [1.165, 1.54) is 5.06 Å². The second-order valence-corrected chi connectivity index (χ2v) is 7.04. The van der Waals surface area contributed by atoms with Gasteiger partial charge in [0, 0.05) is 12.6 Å². The van der Waals surface area contributed by atoms with E-state index in [1.807, 2.05) is 109 Å². The zero-order valence-corrected chi connectivity index (χ0v) is 16.8. The Morgan fingerprint density at radius 3 is 1.30 bits per heavy atom. The van der Waals surface area contributed by atoms with Crippen LogP contribution in [0.1, 0.15) is 27.0 Å². The lowest BCUT2D eigenvalue weighted by Crippen LogP contribution is -2.41. The molecule has 0 spiro atoms. The molecule has 4 aromatic rings. The van der Waals surface area contributed by atoms with Crippen molar-refractivity contribution >= 4 is 5.91 Å². The summed E-state index contributed by atoms with van der Waals surface area (Å²) in [5, 5.41) is 1.34. The monoisotopic (exact) mass is 393 g/mol. The molecule has 0 fully saturated rings. The van der Waals surface area contributed by atoms with Crippen molar-refractivity contribution in [3.63, 3.8) is 0 Å². The van der Waals surface area contributed by atoms with Crippen molar-refractivity contribution in [2.75, 3.05) is 7.05 Å². The van der Waals surface area contributed by atoms with Crippen molar-refractivity contribution in [3.05, 3.63) is 144 Å². The number of rotatable bonds is 6. The number of hydrogen-bond acceptors (Lipinski definition) is 2. The first-order valence-corrected chi connectivity index (χ1v) is 9.90. The lowest BCUT2D eigenvalue weighted by molar-refractivity contribution is -0.175. The third-order valence-electron chi connectivity index (χ3n) is 5.12. The van der Waals surface area contributed by atoms with Crippen molar-refractivity contribution in [1.82, 2.24) is 5.06 Å². The van der Waals surface area contributed by atoms with Crippen LogP contribution in [0.4, 0.5) is 0 Å². The van der Waals surface area contributed by atoms with E-state index in [-0.39, 0.29) is 5.91 Å². The highest BCUT2D eigenvalue weighted by Crippen LogP contribution is 2.41. The van der Waals surface area contributed by atoms with Crippen molar-refractivity contribution in [3.8, 4) is 0 Å². The maximum Gasteiger partial charge on any atom is 0.277 e. The molecule has 4 rings (SSSR count). The van der Waals surface area contributed by atoms with Crippen LogP contribution in [0.2, 0.25) is 0 Å². The highest BCUT2D eigenvalue weighted by atomic mass is 16.7. The van der Waals surface area contributed by atoms with Crippen LogP contribution in [-0.4, -0.2) is 18.0 Å². The van der Waals surface area contributed by atoms with Gasteiger partial charge >= 0.3 is 0 Å². The fourth-order valence-corrected chi connectivity index (χ4v) is 3.69. The first-order chi connectivity index (χ1) is 14.7. The average Bonchev–Trinajstić information content (AvgIpc) is 2.84. The smallest absolute Gasteiger partial charge is 0.267 e. The maximum atomic E-state index is 13.1. The van der Waals surface area contributed by atoms with Gasteiger partial charge in [-0.25, -0.2) is 9.90 Å². The first kappa shape index (κ1) is 19.6. The molecule has 4 aromatic carbocycles. The molecule has 0 radical (unpaired) electrons. The Kier molecular flexibility index (Phi) is 5.73. The van der Waals surface area contributed by atoms with E-state index < -0.39 is 5.60 Å². The summed E-state index contributed by atoms with van der Waals surface area (Å²) in [6, 6.07) is 39.2. The molecule has 0 aliphatic heterocycles. The van der Waals surface area contributed by atoms with Crippen molar-refractivity contribution in [2.24, 2.45) is 0 Å². The van der Waals surface area contributed by atoms with E-state index >= 15 is 0 Å². The van der Waals surface area contributed by atoms with Gasteiger partial charge in [0.15, 0.2) is 5.60 Å². The Labute approximate surface area is 177 Å². The van der Waals surface area contributed by atoms with Crippen molar-refractivity contribution < 1.29 is 9.63 Å². The number of nitrogens with zero attached hydrogens (tertiary/aromatic N) is 1. The van der Waals surface area contributed by atoms with Gasteiger partial charge in [0.05, 0.1) is 0 Å². The van der Waals surface area contributed by atoms with Crippen LogP contribution >= 0.6 is 0 Å². The van der Waals surface area contributed by atoms with E-state index in [2.05, 4.69) is 0 Å². The van der Waals surface area contributed by atoms with Gasteiger partial charge in [-0.05, 0) is 28.8 Å². The summed E-state index contributed by atoms with van der Waals surface area (Å²) in [5.41, 5.74) is 2.41. The molecular formula is C27H23NO2. The van der Waals surface area contributed by atoms with E-state index in [4.69, 9.17) is 4.84 Å². The van der Waals surface area contributed by atoms with Crippen LogP contribution in [0.15, 0.2) is 121 Å². The summed E-state index contributed by atoms with van der Waals surface area (Å²) in [7, 11) is 1.67. The van der Waals surface area contributed by atoms with Crippen LogP contribution in [0, 0.1) is 0 Å². The molecule has 30 heavy (non-hydrogen) atoms. The van der Waals surface area contributed by atoms with Gasteiger partial charge in [-0.3, -0.25) is 4.79 Å². The number of amides is 1. The zero-order valence-electron chi connectivity index (χ0n) is 16.8. The van der Waals surface area contributed by atoms with Crippen LogP contribution in [0.5, 0.6) is 0 Å². The SMILES string of the molecule is CN(OC(c1ccccc1)(c1ccccc1)c1ccccc1)C(=O)c1ccccc1. The normalized spacial score (nSPS) is 11.1. The predicted molar refractivity (Wildman–Crippen MR) is 119 cm³/mol. The summed E-state index contributed by atoms with van der Waals surface area (Å²) in [5.74, 6) is -0.206. The lowest BCUT2D eigenvalue weighted by atomic mass is 9.80. The first-order valence-electron chi connectivity index (χ1n) is 9.90. The molecule has 0 unspecified atom stereocenters. The Morgan fingerprint density at radius 2 is 0.933 bits per heavy atom. The second kappa shape index (κ2) is 8.76. The summed E-state index contributed by atoms with van der Waals surface area (Å²) in [6.45, 7) is 0. The molecular weight excluding hydrogens is 370 g/mol. The third-order valence-corrected chi connectivity index (χ3v) is 5.12. The lowest BCUT2D eigenvalue weighted by Gasteiger charge is -2.38. The summed E-state index contributed by atoms with van der Waals surface area (Å²) in [4.78, 5) is 19.7. The Balaban J connectivity index is 1.88. The van der Waals surface area contributed by atoms with Crippen LogP contribution < -0.4 is 0 Å². The quantitative estimate of drug-likeness (QED) is 0.311. The number of hydrogen-bond donors (Lipinski definition) is 0. The van der Waals surface area contributed by atoms with Gasteiger partial charge in [-0.2, -0.15) is 0 Å². The van der Waals surface area contributed by atoms with E-state index in [9.17, 15) is 4.79 Å². The van der Waals surface area contributed by atoms with Gasteiger partial charge in [0.2, 0.25) is 0 Å². The minimum Gasteiger partial charge on any atom is -0.267 e. The Hall–Kier alpha value is -3.69. The van der Waals surface area contributed by atoms with Gasteiger partial charge in [-0.1, -0.05) is 109 Å². The molecule has 3 heteroatoms. The van der Waals surface area contributed by atoms with Gasteiger partial charge < -0.3 is 0 Å². The van der Waals surface area contributed by atoms with E-state index in [0.29, 0.717) is 5.56 Å². The molecule has 0 atom stereocenters. The van der Waals surface area contributed by atoms with Crippen molar-refractivity contribution in [1.29, 1.82) is 0 Å². The minimum absolute atomic E-state index is 0.206. The number of hydroxylamine groups is 2. The number of carbonyl (C=O) groups is 1. The Morgan fingerprint density at radius 1 is 0.600 bits per heavy atom. The van der Waals surface area contributed by atoms with Gasteiger partial charge in [0.25, 0.3) is 5.91 Å². The van der Waals surface area contributed by atoms with Gasteiger partial charge in [0.1, 0.15) is 0 Å². The van der Waals surface area contributed by atoms with Crippen LogP contribution in [0.3, 0.4) is 0 Å². The molecule has 1 amide bonds. The highest BCUT2D eigenvalue weighted by molar-refractivity contribution is 5.93. The summed E-state index contributed by atoms with van der Waals surface area (Å²) >= 11 is 0. The summed E-state index contributed by atoms with van der Waals surface area (Å²) in [6.07, 6.45) is 0. The zero-order chi connectivity index (χ0) is 20.8.